The number of amides is 1. The van der Waals surface area contributed by atoms with Gasteiger partial charge in [-0.2, -0.15) is 0 Å². The van der Waals surface area contributed by atoms with Gasteiger partial charge in [-0.05, 0) is 83.1 Å². The summed E-state index contributed by atoms with van der Waals surface area (Å²) in [5.41, 5.74) is 2.97. The summed E-state index contributed by atoms with van der Waals surface area (Å²) < 4.78 is 36.0. The van der Waals surface area contributed by atoms with Crippen LogP contribution in [-0.2, 0) is 21.3 Å². The van der Waals surface area contributed by atoms with Gasteiger partial charge in [0.05, 0.1) is 10.5 Å². The molecular weight excluding hydrogens is 474 g/mol. The predicted molar refractivity (Wildman–Crippen MR) is 143 cm³/mol. The largest absolute Gasteiger partial charge is 0.381 e. The van der Waals surface area contributed by atoms with Gasteiger partial charge in [-0.25, -0.2) is 13.1 Å². The van der Waals surface area contributed by atoms with Crippen LogP contribution in [0.4, 0.5) is 0 Å². The van der Waals surface area contributed by atoms with Crippen LogP contribution in [-0.4, -0.2) is 43.7 Å². The Bertz CT molecular complexity index is 1150. The molecule has 36 heavy (non-hydrogen) atoms. The van der Waals surface area contributed by atoms with Crippen LogP contribution in [0, 0.1) is 12.8 Å². The molecule has 1 aromatic heterocycles. The Labute approximate surface area is 216 Å². The second-order valence-corrected chi connectivity index (χ2v) is 13.1. The molecule has 1 saturated heterocycles. The van der Waals surface area contributed by atoms with Crippen molar-refractivity contribution in [3.05, 3.63) is 41.6 Å². The maximum Gasteiger partial charge on any atom is 0.253 e. The van der Waals surface area contributed by atoms with Crippen molar-refractivity contribution in [1.82, 2.24) is 14.6 Å². The first-order valence-corrected chi connectivity index (χ1v) is 14.7. The van der Waals surface area contributed by atoms with Crippen LogP contribution in [0.15, 0.2) is 35.2 Å². The molecule has 2 fully saturated rings. The van der Waals surface area contributed by atoms with Gasteiger partial charge in [0, 0.05) is 42.7 Å². The molecule has 0 unspecified atom stereocenters. The lowest BCUT2D eigenvalue weighted by Crippen LogP contribution is -2.40. The summed E-state index contributed by atoms with van der Waals surface area (Å²) in [6, 6.07) is 9.11. The number of aromatic nitrogens is 1. The van der Waals surface area contributed by atoms with Gasteiger partial charge in [-0.3, -0.25) is 4.79 Å². The highest BCUT2D eigenvalue weighted by Gasteiger charge is 2.25. The normalized spacial score (nSPS) is 18.3. The molecule has 1 aromatic carbocycles. The number of ether oxygens (including phenoxy) is 1. The van der Waals surface area contributed by atoms with Gasteiger partial charge < -0.3 is 14.6 Å². The average molecular weight is 516 g/mol. The molecule has 198 valence electrons. The maximum absolute atomic E-state index is 13.3. The van der Waals surface area contributed by atoms with E-state index in [0.29, 0.717) is 24.7 Å². The Morgan fingerprint density at radius 1 is 1.03 bits per heavy atom. The SMILES string of the molecule is Cc1c(C(=O)NC2CCOCC2)cc(-c2ccc(S(=O)(=O)NC(C)(C)C)cc2)n1CC1CCCCC1. The zero-order valence-electron chi connectivity index (χ0n) is 22.1. The quantitative estimate of drug-likeness (QED) is 0.541. The van der Waals surface area contributed by atoms with Gasteiger partial charge in [0.1, 0.15) is 0 Å². The number of hydrogen-bond acceptors (Lipinski definition) is 4. The first kappa shape index (κ1) is 26.9. The van der Waals surface area contributed by atoms with Crippen LogP contribution >= 0.6 is 0 Å². The average Bonchev–Trinajstić information content (AvgIpc) is 3.15. The third kappa shape index (κ3) is 6.58. The third-order valence-corrected chi connectivity index (χ3v) is 9.01. The van der Waals surface area contributed by atoms with Crippen LogP contribution in [0.25, 0.3) is 11.3 Å². The molecule has 2 aliphatic rings. The number of carbonyl (C=O) groups is 1. The summed E-state index contributed by atoms with van der Waals surface area (Å²) in [6.45, 7) is 9.73. The monoisotopic (exact) mass is 515 g/mol. The number of rotatable bonds is 7. The van der Waals surface area contributed by atoms with Crippen molar-refractivity contribution in [3.63, 3.8) is 0 Å². The molecule has 7 nitrogen and oxygen atoms in total. The minimum atomic E-state index is -3.61. The molecule has 0 radical (unpaired) electrons. The molecule has 2 N–H and O–H groups in total. The molecule has 4 rings (SSSR count). The summed E-state index contributed by atoms with van der Waals surface area (Å²) in [7, 11) is -3.61. The molecular formula is C28H41N3O4S. The van der Waals surface area contributed by atoms with E-state index in [1.807, 2.05) is 45.9 Å². The van der Waals surface area contributed by atoms with Crippen LogP contribution in [0.5, 0.6) is 0 Å². The number of nitrogens with one attached hydrogen (secondary N) is 2. The topological polar surface area (TPSA) is 89.4 Å². The van der Waals surface area contributed by atoms with Crippen LogP contribution in [0.1, 0.15) is 81.8 Å². The van der Waals surface area contributed by atoms with Crippen LogP contribution in [0.2, 0.25) is 0 Å². The van der Waals surface area contributed by atoms with E-state index < -0.39 is 15.6 Å². The highest BCUT2D eigenvalue weighted by molar-refractivity contribution is 7.89. The highest BCUT2D eigenvalue weighted by Crippen LogP contribution is 2.32. The molecule has 2 aromatic rings. The van der Waals surface area contributed by atoms with E-state index in [4.69, 9.17) is 4.74 Å². The lowest BCUT2D eigenvalue weighted by molar-refractivity contribution is 0.0696. The first-order chi connectivity index (χ1) is 17.0. The van der Waals surface area contributed by atoms with Crippen LogP contribution < -0.4 is 10.0 Å². The van der Waals surface area contributed by atoms with Gasteiger partial charge in [0.25, 0.3) is 5.91 Å². The van der Waals surface area contributed by atoms with Crippen molar-refractivity contribution in [2.45, 2.75) is 95.7 Å². The van der Waals surface area contributed by atoms with Crippen molar-refractivity contribution >= 4 is 15.9 Å². The predicted octanol–water partition coefficient (Wildman–Crippen LogP) is 5.03. The Morgan fingerprint density at radius 3 is 2.28 bits per heavy atom. The summed E-state index contributed by atoms with van der Waals surface area (Å²) in [4.78, 5) is 13.5. The zero-order valence-corrected chi connectivity index (χ0v) is 22.9. The third-order valence-electron chi connectivity index (χ3n) is 7.23. The summed E-state index contributed by atoms with van der Waals surface area (Å²) in [5.74, 6) is 0.544. The Kier molecular flexibility index (Phi) is 8.27. The number of benzene rings is 1. The molecule has 0 atom stereocenters. The molecule has 1 amide bonds. The van der Waals surface area contributed by atoms with E-state index in [9.17, 15) is 13.2 Å². The summed E-state index contributed by atoms with van der Waals surface area (Å²) in [6.07, 6.45) is 7.88. The van der Waals surface area contributed by atoms with Gasteiger partial charge in [-0.15, -0.1) is 0 Å². The van der Waals surface area contributed by atoms with Gasteiger partial charge in [0.2, 0.25) is 10.0 Å². The van der Waals surface area contributed by atoms with E-state index in [1.165, 1.54) is 32.1 Å². The van der Waals surface area contributed by atoms with E-state index in [1.54, 1.807) is 12.1 Å². The molecule has 0 bridgehead atoms. The summed E-state index contributed by atoms with van der Waals surface area (Å²) in [5, 5.41) is 3.20. The minimum absolute atomic E-state index is 0.0448. The van der Waals surface area contributed by atoms with Gasteiger partial charge in [0.15, 0.2) is 0 Å². The molecule has 1 aliphatic carbocycles. The molecule has 2 heterocycles. The number of nitrogens with zero attached hydrogens (tertiary/aromatic N) is 1. The molecule has 0 spiro atoms. The van der Waals surface area contributed by atoms with Crippen molar-refractivity contribution < 1.29 is 17.9 Å². The fraction of sp³-hybridized carbons (Fsp3) is 0.607. The smallest absolute Gasteiger partial charge is 0.253 e. The maximum atomic E-state index is 13.3. The number of carbonyl (C=O) groups excluding carboxylic acids is 1. The lowest BCUT2D eigenvalue weighted by atomic mass is 9.89. The Hall–Kier alpha value is -2.16. The zero-order chi connectivity index (χ0) is 25.9. The fourth-order valence-corrected chi connectivity index (χ4v) is 6.77. The second-order valence-electron chi connectivity index (χ2n) is 11.4. The second kappa shape index (κ2) is 11.1. The van der Waals surface area contributed by atoms with E-state index >= 15 is 0 Å². The fourth-order valence-electron chi connectivity index (χ4n) is 5.35. The highest BCUT2D eigenvalue weighted by atomic mass is 32.2. The molecule has 8 heteroatoms. The van der Waals surface area contributed by atoms with E-state index in [2.05, 4.69) is 14.6 Å². The first-order valence-electron chi connectivity index (χ1n) is 13.3. The molecule has 1 saturated carbocycles. The number of hydrogen-bond donors (Lipinski definition) is 2. The van der Waals surface area contributed by atoms with Gasteiger partial charge in [-0.1, -0.05) is 31.4 Å². The van der Waals surface area contributed by atoms with Crippen molar-refractivity contribution in [3.8, 4) is 11.3 Å². The Balaban J connectivity index is 1.64. The minimum Gasteiger partial charge on any atom is -0.381 e. The van der Waals surface area contributed by atoms with Gasteiger partial charge >= 0.3 is 0 Å². The van der Waals surface area contributed by atoms with E-state index in [-0.39, 0.29) is 16.8 Å². The Morgan fingerprint density at radius 2 is 1.67 bits per heavy atom. The standard InChI is InChI=1S/C28H41N3O4S/c1-20-25(27(32)29-23-14-16-35-17-15-23)18-26(31(20)19-21-8-6-5-7-9-21)22-10-12-24(13-11-22)36(33,34)30-28(2,3)4/h10-13,18,21,23,30H,5-9,14-17,19H2,1-4H3,(H,29,32). The van der Waals surface area contributed by atoms with Crippen molar-refractivity contribution in [2.24, 2.45) is 5.92 Å². The summed E-state index contributed by atoms with van der Waals surface area (Å²) >= 11 is 0. The van der Waals surface area contributed by atoms with Crippen LogP contribution in [0.3, 0.4) is 0 Å². The van der Waals surface area contributed by atoms with E-state index in [0.717, 1.165) is 36.3 Å². The molecule has 1 aliphatic heterocycles. The van der Waals surface area contributed by atoms with Crippen molar-refractivity contribution in [1.29, 1.82) is 0 Å². The lowest BCUT2D eigenvalue weighted by Gasteiger charge is -2.25. The number of sulfonamides is 1. The van der Waals surface area contributed by atoms with Crippen molar-refractivity contribution in [2.75, 3.05) is 13.2 Å².